The zero-order valence-corrected chi connectivity index (χ0v) is 47.2. The van der Waals surface area contributed by atoms with Crippen molar-refractivity contribution in [3.8, 4) is 0 Å². The largest absolute Gasteiger partial charge is 0.451 e. The smallest absolute Gasteiger partial charge is 0.443 e. The van der Waals surface area contributed by atoms with Gasteiger partial charge in [0.15, 0.2) is 17.7 Å². The molecule has 1 aromatic carbocycles. The Morgan fingerprint density at radius 3 is 1.41 bits per heavy atom. The van der Waals surface area contributed by atoms with Gasteiger partial charge in [-0.25, -0.2) is 9.59 Å². The Bertz CT molecular complexity index is 1650. The number of nitro groups is 1. The summed E-state index contributed by atoms with van der Waals surface area (Å²) in [5.74, 6) is -1.93. The number of hydroxylamine groups is 2. The number of ketones is 1. The first-order valence-electron chi connectivity index (χ1n) is 30.0. The molecule has 1 aliphatic heterocycles. The Morgan fingerprint density at radius 1 is 0.632 bits per heavy atom. The van der Waals surface area contributed by atoms with Gasteiger partial charge in [0.1, 0.15) is 36.6 Å². The Balaban J connectivity index is 2.09. The average Bonchev–Trinajstić information content (AvgIpc) is 3.42. The minimum atomic E-state index is -2.53. The van der Waals surface area contributed by atoms with Crippen molar-refractivity contribution >= 4 is 23.5 Å². The van der Waals surface area contributed by atoms with Crippen molar-refractivity contribution < 1.29 is 69.0 Å². The molecule has 2 rings (SSSR count). The van der Waals surface area contributed by atoms with E-state index in [0.717, 1.165) is 82.7 Å². The number of unbranched alkanes of at least 4 members (excludes halogenated alkanes) is 33. The van der Waals surface area contributed by atoms with Crippen molar-refractivity contribution in [3.63, 3.8) is 0 Å². The first-order chi connectivity index (χ1) is 36.8. The van der Waals surface area contributed by atoms with Gasteiger partial charge in [-0.3, -0.25) is 14.9 Å². The van der Waals surface area contributed by atoms with Crippen LogP contribution in [0.1, 0.15) is 262 Å². The third-order valence-corrected chi connectivity index (χ3v) is 15.2. The standard InChI is InChI=1S/C59H104N2O15/c1-4-6-8-10-12-14-16-18-19-20-21-22-23-24-25-26-27-28-29-31-33-35-37-39-51(63)59(70,44-38-36-34-32-30-17-15-13-11-9-7-5-2)55(67)49(46-74-57-54(66)53(65)52(64)50(45-62)75-57)60(58(69)73-3)76-56(68)47-40-42-48(43-41-47)61(71)72/h40-43,49-50,52-55,57,62,64-67,70H,4-39,44-46H2,1-3H3/t49-,50+,52-,53-,54+,55-,57-,59-/m0/s1. The first-order valence-corrected chi connectivity index (χ1v) is 30.0. The van der Waals surface area contributed by atoms with Crippen LogP contribution in [-0.4, -0.2) is 127 Å². The fraction of sp³-hybridized carbons (Fsp3) is 0.847. The summed E-state index contributed by atoms with van der Waals surface area (Å²) in [6, 6.07) is 2.31. The summed E-state index contributed by atoms with van der Waals surface area (Å²) in [7, 11) is 0.961. The molecule has 1 amide bonds. The van der Waals surface area contributed by atoms with Crippen LogP contribution in [0, 0.1) is 10.1 Å². The molecule has 8 atom stereocenters. The van der Waals surface area contributed by atoms with Gasteiger partial charge < -0.3 is 49.7 Å². The SMILES string of the molecule is CCCCCCCCCCCCCCCCCCCCCCCCCC(=O)[C@@](O)(CCCCCCCCCCCCCC)[C@@H](O)[C@H](CO[C@H]1O[C@H](CO)[C@H](O)[C@H](O)[C@H]1O)N(OC(=O)c1ccc([N+](=O)[O-])cc1)C(=O)OC. The molecule has 0 saturated carbocycles. The third kappa shape index (κ3) is 27.5. The summed E-state index contributed by atoms with van der Waals surface area (Å²) in [5.41, 5.74) is -3.10. The Hall–Kier alpha value is -3.29. The lowest BCUT2D eigenvalue weighted by Crippen LogP contribution is -2.63. The van der Waals surface area contributed by atoms with Gasteiger partial charge in [0.25, 0.3) is 5.69 Å². The van der Waals surface area contributed by atoms with Gasteiger partial charge in [0.05, 0.1) is 30.8 Å². The zero-order valence-electron chi connectivity index (χ0n) is 47.2. The van der Waals surface area contributed by atoms with Crippen LogP contribution in [0.5, 0.6) is 0 Å². The Morgan fingerprint density at radius 2 is 1.03 bits per heavy atom. The van der Waals surface area contributed by atoms with E-state index in [-0.39, 0.29) is 24.1 Å². The zero-order chi connectivity index (χ0) is 55.8. The van der Waals surface area contributed by atoms with Gasteiger partial charge in [-0.05, 0) is 25.0 Å². The molecule has 17 nitrogen and oxygen atoms in total. The van der Waals surface area contributed by atoms with Crippen molar-refractivity contribution in [1.29, 1.82) is 0 Å². The number of carbonyl (C=O) groups is 3. The molecule has 0 radical (unpaired) electrons. The lowest BCUT2D eigenvalue weighted by molar-refractivity contribution is -0.384. The van der Waals surface area contributed by atoms with Crippen LogP contribution in [0.2, 0.25) is 0 Å². The van der Waals surface area contributed by atoms with Crippen molar-refractivity contribution in [2.75, 3.05) is 20.3 Å². The average molecular weight is 1080 g/mol. The predicted octanol–water partition coefficient (Wildman–Crippen LogP) is 12.1. The van der Waals surface area contributed by atoms with E-state index in [1.54, 1.807) is 0 Å². The van der Waals surface area contributed by atoms with Gasteiger partial charge in [-0.2, -0.15) is 0 Å². The van der Waals surface area contributed by atoms with Crippen molar-refractivity contribution in [3.05, 3.63) is 39.9 Å². The number of amides is 1. The van der Waals surface area contributed by atoms with Crippen LogP contribution in [-0.2, 0) is 23.8 Å². The van der Waals surface area contributed by atoms with Crippen LogP contribution in [0.4, 0.5) is 10.5 Å². The lowest BCUT2D eigenvalue weighted by Gasteiger charge is -2.42. The summed E-state index contributed by atoms with van der Waals surface area (Å²) in [4.78, 5) is 57.6. The molecule has 1 aliphatic rings. The van der Waals surface area contributed by atoms with Crippen LogP contribution >= 0.6 is 0 Å². The maximum absolute atomic E-state index is 14.4. The summed E-state index contributed by atoms with van der Waals surface area (Å²) in [5, 5.41) is 77.9. The van der Waals surface area contributed by atoms with Crippen LogP contribution in [0.15, 0.2) is 24.3 Å². The fourth-order valence-electron chi connectivity index (χ4n) is 10.2. The molecule has 1 aromatic rings. The summed E-state index contributed by atoms with van der Waals surface area (Å²) in [6.07, 6.45) is 27.7. The number of Topliss-reactive ketones (excluding diaryl/α,β-unsaturated/α-hetero) is 1. The molecule has 0 unspecified atom stereocenters. The van der Waals surface area contributed by atoms with Gasteiger partial charge in [-0.15, -0.1) is 5.06 Å². The number of non-ortho nitro benzene ring substituents is 1. The number of carbonyl (C=O) groups excluding carboxylic acids is 3. The van der Waals surface area contributed by atoms with E-state index in [9.17, 15) is 55.1 Å². The predicted molar refractivity (Wildman–Crippen MR) is 294 cm³/mol. The molecule has 440 valence electrons. The first kappa shape index (κ1) is 68.8. The molecule has 0 bridgehead atoms. The molecule has 0 aliphatic carbocycles. The second-order valence-corrected chi connectivity index (χ2v) is 21.5. The lowest BCUT2D eigenvalue weighted by atomic mass is 9.80. The van der Waals surface area contributed by atoms with Crippen molar-refractivity contribution in [2.24, 2.45) is 0 Å². The molecule has 0 spiro atoms. The molecule has 0 aromatic heterocycles. The number of hydrogen-bond acceptors (Lipinski definition) is 15. The maximum Gasteiger partial charge on any atom is 0.443 e. The molecule has 6 N–H and O–H groups in total. The number of rotatable bonds is 47. The highest BCUT2D eigenvalue weighted by atomic mass is 16.8. The highest BCUT2D eigenvalue weighted by Gasteiger charge is 2.51. The van der Waals surface area contributed by atoms with E-state index < -0.39 is 84.4 Å². The van der Waals surface area contributed by atoms with Gasteiger partial charge in [-0.1, -0.05) is 232 Å². The molecule has 1 fully saturated rings. The van der Waals surface area contributed by atoms with Gasteiger partial charge >= 0.3 is 12.1 Å². The molecular formula is C59H104N2O15. The number of nitro benzene ring substituents is 1. The topological polar surface area (TPSA) is 256 Å². The van der Waals surface area contributed by atoms with E-state index in [0.29, 0.717) is 30.7 Å². The normalized spacial score (nSPS) is 19.2. The molecule has 1 heterocycles. The number of methoxy groups -OCH3 is 1. The highest BCUT2D eigenvalue weighted by molar-refractivity contribution is 5.90. The number of benzene rings is 1. The van der Waals surface area contributed by atoms with Crippen LogP contribution < -0.4 is 0 Å². The fourth-order valence-corrected chi connectivity index (χ4v) is 10.2. The third-order valence-electron chi connectivity index (χ3n) is 15.2. The number of ether oxygens (including phenoxy) is 3. The van der Waals surface area contributed by atoms with Gasteiger partial charge in [0, 0.05) is 18.6 Å². The monoisotopic (exact) mass is 1080 g/mol. The van der Waals surface area contributed by atoms with E-state index >= 15 is 0 Å². The summed E-state index contributed by atoms with van der Waals surface area (Å²) >= 11 is 0. The second kappa shape index (κ2) is 42.6. The summed E-state index contributed by atoms with van der Waals surface area (Å²) in [6.45, 7) is 2.76. The van der Waals surface area contributed by atoms with Crippen LogP contribution in [0.3, 0.4) is 0 Å². The minimum absolute atomic E-state index is 0.105. The number of aliphatic hydroxyl groups excluding tert-OH is 5. The summed E-state index contributed by atoms with van der Waals surface area (Å²) < 4.78 is 16.2. The van der Waals surface area contributed by atoms with E-state index in [1.165, 1.54) is 148 Å². The minimum Gasteiger partial charge on any atom is -0.451 e. The van der Waals surface area contributed by atoms with E-state index in [1.807, 2.05) is 0 Å². The molecule has 1 saturated heterocycles. The van der Waals surface area contributed by atoms with E-state index in [2.05, 4.69) is 13.8 Å². The van der Waals surface area contributed by atoms with E-state index in [4.69, 9.17) is 19.0 Å². The second-order valence-electron chi connectivity index (χ2n) is 21.5. The number of aliphatic hydroxyl groups is 6. The number of hydrogen-bond donors (Lipinski definition) is 6. The van der Waals surface area contributed by atoms with Gasteiger partial charge in [0.2, 0.25) is 0 Å². The maximum atomic E-state index is 14.4. The quantitative estimate of drug-likeness (QED) is 0.0202. The molecule has 76 heavy (non-hydrogen) atoms. The molecule has 17 heteroatoms. The Kier molecular flexibility index (Phi) is 38.6. The highest BCUT2D eigenvalue weighted by Crippen LogP contribution is 2.31. The number of nitrogens with zero attached hydrogens (tertiary/aromatic N) is 2. The molecular weight excluding hydrogens is 977 g/mol. The Labute approximate surface area is 456 Å². The van der Waals surface area contributed by atoms with Crippen molar-refractivity contribution in [1.82, 2.24) is 5.06 Å². The van der Waals surface area contributed by atoms with Crippen molar-refractivity contribution in [2.45, 2.75) is 300 Å². The van der Waals surface area contributed by atoms with Crippen LogP contribution in [0.25, 0.3) is 0 Å².